The Morgan fingerprint density at radius 1 is 1.32 bits per heavy atom. The van der Waals surface area contributed by atoms with Crippen molar-refractivity contribution in [1.29, 1.82) is 0 Å². The molecule has 0 aromatic heterocycles. The summed E-state index contributed by atoms with van der Waals surface area (Å²) < 4.78 is 11.3. The van der Waals surface area contributed by atoms with E-state index in [9.17, 15) is 9.59 Å². The molecule has 3 atom stereocenters. The van der Waals surface area contributed by atoms with Gasteiger partial charge in [-0.15, -0.1) is 6.58 Å². The number of benzene rings is 1. The van der Waals surface area contributed by atoms with Gasteiger partial charge in [0.2, 0.25) is 0 Å². The minimum Gasteiger partial charge on any atom is -0.444 e. The summed E-state index contributed by atoms with van der Waals surface area (Å²) in [7, 11) is 0. The summed E-state index contributed by atoms with van der Waals surface area (Å²) in [6, 6.07) is 9.11. The molecule has 136 valence electrons. The van der Waals surface area contributed by atoms with Gasteiger partial charge in [-0.2, -0.15) is 0 Å². The molecule has 0 N–H and O–H groups in total. The maximum atomic E-state index is 12.5. The summed E-state index contributed by atoms with van der Waals surface area (Å²) in [6.45, 7) is 10.2. The molecule has 5 heteroatoms. The first-order valence-electron chi connectivity index (χ1n) is 8.56. The Morgan fingerprint density at radius 2 is 2.00 bits per heavy atom. The number of hydrogen-bond acceptors (Lipinski definition) is 4. The zero-order valence-corrected chi connectivity index (χ0v) is 15.2. The maximum Gasteiger partial charge on any atom is 0.411 e. The largest absolute Gasteiger partial charge is 0.444 e. The van der Waals surface area contributed by atoms with Crippen molar-refractivity contribution in [2.45, 2.75) is 51.5 Å². The number of nitrogens with zero attached hydrogens (tertiary/aromatic N) is 1. The normalized spacial score (nSPS) is 23.3. The van der Waals surface area contributed by atoms with E-state index in [0.717, 1.165) is 11.8 Å². The first kappa shape index (κ1) is 19.2. The molecule has 1 aromatic carbocycles. The van der Waals surface area contributed by atoms with Gasteiger partial charge in [0.1, 0.15) is 11.9 Å². The third kappa shape index (κ3) is 5.16. The molecule has 0 unspecified atom stereocenters. The van der Waals surface area contributed by atoms with Crippen LogP contribution in [0.3, 0.4) is 0 Å². The molecule has 0 saturated carbocycles. The van der Waals surface area contributed by atoms with Crippen LogP contribution in [0.25, 0.3) is 0 Å². The van der Waals surface area contributed by atoms with Crippen molar-refractivity contribution in [2.75, 3.05) is 6.61 Å². The zero-order chi connectivity index (χ0) is 18.4. The molecule has 1 saturated heterocycles. The lowest BCUT2D eigenvalue weighted by molar-refractivity contribution is -0.111. The van der Waals surface area contributed by atoms with Gasteiger partial charge in [-0.25, -0.2) is 4.79 Å². The second-order valence-electron chi connectivity index (χ2n) is 7.31. The first-order chi connectivity index (χ1) is 11.9. The quantitative estimate of drug-likeness (QED) is 0.584. The average molecular weight is 345 g/mol. The van der Waals surface area contributed by atoms with Gasteiger partial charge in [0.05, 0.1) is 25.3 Å². The molecule has 1 heterocycles. The van der Waals surface area contributed by atoms with Crippen LogP contribution < -0.4 is 0 Å². The Bertz CT molecular complexity index is 593. The van der Waals surface area contributed by atoms with E-state index in [2.05, 4.69) is 6.58 Å². The summed E-state index contributed by atoms with van der Waals surface area (Å²) in [6.07, 6.45) is 2.57. The Kier molecular flexibility index (Phi) is 6.37. The van der Waals surface area contributed by atoms with E-state index in [1.54, 1.807) is 26.8 Å². The molecule has 0 bridgehead atoms. The zero-order valence-electron chi connectivity index (χ0n) is 15.2. The van der Waals surface area contributed by atoms with Crippen LogP contribution in [0.2, 0.25) is 0 Å². The van der Waals surface area contributed by atoms with Gasteiger partial charge in [-0.3, -0.25) is 4.90 Å². The van der Waals surface area contributed by atoms with Crippen LogP contribution in [-0.4, -0.2) is 41.6 Å². The molecule has 0 spiro atoms. The minimum absolute atomic E-state index is 0.0175. The highest BCUT2D eigenvalue weighted by Gasteiger charge is 2.44. The number of hydrogen-bond donors (Lipinski definition) is 0. The smallest absolute Gasteiger partial charge is 0.411 e. The minimum atomic E-state index is -0.613. The lowest BCUT2D eigenvalue weighted by Crippen LogP contribution is -2.45. The Hall–Kier alpha value is -2.14. The Balaban J connectivity index is 2.01. The predicted octanol–water partition coefficient (Wildman–Crippen LogP) is 3.58. The molecule has 1 aliphatic rings. The first-order valence-corrected chi connectivity index (χ1v) is 8.56. The Labute approximate surface area is 149 Å². The van der Waals surface area contributed by atoms with Gasteiger partial charge in [0.15, 0.2) is 0 Å². The SMILES string of the molecule is C=C[C@@H]1[C@@H](COCc2ccccc2)C[C@@H](C=O)N1C(=O)OC(C)(C)C. The molecule has 2 rings (SSSR count). The van der Waals surface area contributed by atoms with E-state index >= 15 is 0 Å². The van der Waals surface area contributed by atoms with E-state index in [1.165, 1.54) is 4.90 Å². The van der Waals surface area contributed by atoms with Gasteiger partial charge < -0.3 is 14.3 Å². The number of ether oxygens (including phenoxy) is 2. The van der Waals surface area contributed by atoms with E-state index in [-0.39, 0.29) is 12.0 Å². The molecule has 0 aliphatic carbocycles. The van der Waals surface area contributed by atoms with Crippen molar-refractivity contribution in [1.82, 2.24) is 4.90 Å². The maximum absolute atomic E-state index is 12.5. The third-order valence-corrected chi connectivity index (χ3v) is 4.15. The molecule has 5 nitrogen and oxygen atoms in total. The summed E-state index contributed by atoms with van der Waals surface area (Å²) in [4.78, 5) is 25.4. The fourth-order valence-corrected chi connectivity index (χ4v) is 3.08. The van der Waals surface area contributed by atoms with Crippen LogP contribution in [-0.2, 0) is 20.9 Å². The fourth-order valence-electron chi connectivity index (χ4n) is 3.08. The summed E-state index contributed by atoms with van der Waals surface area (Å²) in [5.41, 5.74) is 0.476. The Morgan fingerprint density at radius 3 is 2.56 bits per heavy atom. The van der Waals surface area contributed by atoms with E-state index in [4.69, 9.17) is 9.47 Å². The van der Waals surface area contributed by atoms with Crippen molar-refractivity contribution < 1.29 is 19.1 Å². The number of carbonyl (C=O) groups excluding carboxylic acids is 2. The summed E-state index contributed by atoms with van der Waals surface area (Å²) in [5, 5.41) is 0. The lowest BCUT2D eigenvalue weighted by atomic mass is 10.0. The highest BCUT2D eigenvalue weighted by Crippen LogP contribution is 2.32. The number of amides is 1. The topological polar surface area (TPSA) is 55.8 Å². The molecule has 1 amide bonds. The van der Waals surface area contributed by atoms with Crippen LogP contribution in [0.4, 0.5) is 4.79 Å². The molecule has 1 fully saturated rings. The van der Waals surface area contributed by atoms with Crippen LogP contribution >= 0.6 is 0 Å². The van der Waals surface area contributed by atoms with Crippen LogP contribution in [0.5, 0.6) is 0 Å². The second kappa shape index (κ2) is 8.30. The van der Waals surface area contributed by atoms with Crippen molar-refractivity contribution in [3.63, 3.8) is 0 Å². The average Bonchev–Trinajstić information content (AvgIpc) is 2.92. The van der Waals surface area contributed by atoms with Gasteiger partial charge in [0.25, 0.3) is 0 Å². The standard InChI is InChI=1S/C20H27NO4/c1-5-18-16(14-24-13-15-9-7-6-8-10-15)11-17(12-22)21(18)19(23)25-20(2,3)4/h5-10,12,16-18H,1,11,13-14H2,2-4H3/t16-,17+,18-/m1/s1. The molecule has 25 heavy (non-hydrogen) atoms. The van der Waals surface area contributed by atoms with Crippen molar-refractivity contribution in [3.8, 4) is 0 Å². The van der Waals surface area contributed by atoms with Crippen LogP contribution in [0, 0.1) is 5.92 Å². The highest BCUT2D eigenvalue weighted by atomic mass is 16.6. The molecule has 1 aliphatic heterocycles. The van der Waals surface area contributed by atoms with Crippen LogP contribution in [0.15, 0.2) is 43.0 Å². The lowest BCUT2D eigenvalue weighted by Gasteiger charge is -2.30. The number of aldehydes is 1. The number of likely N-dealkylation sites (tertiary alicyclic amines) is 1. The van der Waals surface area contributed by atoms with Gasteiger partial charge >= 0.3 is 6.09 Å². The van der Waals surface area contributed by atoms with Gasteiger partial charge in [-0.05, 0) is 32.8 Å². The van der Waals surface area contributed by atoms with E-state index < -0.39 is 17.7 Å². The number of carbonyl (C=O) groups is 2. The van der Waals surface area contributed by atoms with Crippen LogP contribution in [0.1, 0.15) is 32.8 Å². The summed E-state index contributed by atoms with van der Waals surface area (Å²) >= 11 is 0. The van der Waals surface area contributed by atoms with E-state index in [0.29, 0.717) is 19.6 Å². The third-order valence-electron chi connectivity index (χ3n) is 4.15. The van der Waals surface area contributed by atoms with Crippen molar-refractivity contribution in [3.05, 3.63) is 48.6 Å². The van der Waals surface area contributed by atoms with Gasteiger partial charge in [0, 0.05) is 5.92 Å². The molecule has 0 radical (unpaired) electrons. The number of rotatable bonds is 6. The summed E-state index contributed by atoms with van der Waals surface area (Å²) in [5.74, 6) is 0.0175. The van der Waals surface area contributed by atoms with Gasteiger partial charge in [-0.1, -0.05) is 36.4 Å². The monoisotopic (exact) mass is 345 g/mol. The van der Waals surface area contributed by atoms with Crippen molar-refractivity contribution in [2.24, 2.45) is 5.92 Å². The highest BCUT2D eigenvalue weighted by molar-refractivity contribution is 5.75. The second-order valence-corrected chi connectivity index (χ2v) is 7.31. The van der Waals surface area contributed by atoms with E-state index in [1.807, 2.05) is 30.3 Å². The molecule has 1 aromatic rings. The molecular weight excluding hydrogens is 318 g/mol. The van der Waals surface area contributed by atoms with Crippen molar-refractivity contribution >= 4 is 12.4 Å². The predicted molar refractivity (Wildman–Crippen MR) is 96.1 cm³/mol. The molecular formula is C20H27NO4. The fraction of sp³-hybridized carbons (Fsp3) is 0.500.